The van der Waals surface area contributed by atoms with Crippen molar-refractivity contribution in [2.45, 2.75) is 13.8 Å². The molecule has 0 aliphatic carbocycles. The molecule has 92 valence electrons. The molecule has 5 nitrogen and oxygen atoms in total. The van der Waals surface area contributed by atoms with Crippen LogP contribution in [0.15, 0.2) is 30.6 Å². The van der Waals surface area contributed by atoms with Gasteiger partial charge in [0.1, 0.15) is 5.75 Å². The predicted molar refractivity (Wildman–Crippen MR) is 67.6 cm³/mol. The molecule has 0 saturated heterocycles. The monoisotopic (exact) mass is 243 g/mol. The van der Waals surface area contributed by atoms with Gasteiger partial charge in [-0.05, 0) is 43.2 Å². The molecule has 2 rings (SSSR count). The summed E-state index contributed by atoms with van der Waals surface area (Å²) in [6.45, 7) is 3.60. The molecule has 5 heteroatoms. The van der Waals surface area contributed by atoms with Crippen molar-refractivity contribution < 1.29 is 9.90 Å². The Hall–Kier alpha value is -2.43. The Kier molecular flexibility index (Phi) is 3.23. The lowest BCUT2D eigenvalue weighted by Crippen LogP contribution is -2.13. The van der Waals surface area contributed by atoms with E-state index in [-0.39, 0.29) is 11.7 Å². The number of hydrogen-bond acceptors (Lipinski definition) is 4. The number of aromatic nitrogens is 2. The van der Waals surface area contributed by atoms with Crippen molar-refractivity contribution in [3.05, 3.63) is 47.3 Å². The first-order valence-electron chi connectivity index (χ1n) is 5.46. The molecular formula is C13H13N3O2. The molecule has 2 aromatic rings. The molecule has 1 aromatic carbocycles. The first-order valence-corrected chi connectivity index (χ1v) is 5.46. The normalized spacial score (nSPS) is 10.1. The third kappa shape index (κ3) is 2.45. The molecule has 1 aromatic heterocycles. The quantitative estimate of drug-likeness (QED) is 0.791. The summed E-state index contributed by atoms with van der Waals surface area (Å²) in [5.74, 6) is -0.0332. The highest BCUT2D eigenvalue weighted by molar-refractivity contribution is 6.04. The van der Waals surface area contributed by atoms with Crippen molar-refractivity contribution in [3.8, 4) is 5.75 Å². The molecule has 0 atom stereocenters. The Morgan fingerprint density at radius 3 is 2.67 bits per heavy atom. The number of anilines is 1. The Bertz CT molecular complexity index is 582. The van der Waals surface area contributed by atoms with Crippen molar-refractivity contribution in [3.63, 3.8) is 0 Å². The number of aromatic hydroxyl groups is 1. The smallest absolute Gasteiger partial charge is 0.257 e. The van der Waals surface area contributed by atoms with Gasteiger partial charge < -0.3 is 10.4 Å². The first kappa shape index (κ1) is 12.0. The van der Waals surface area contributed by atoms with Crippen molar-refractivity contribution in [2.75, 3.05) is 5.32 Å². The zero-order chi connectivity index (χ0) is 13.1. The number of phenolic OH excluding ortho intramolecular Hbond substituents is 1. The summed E-state index contributed by atoms with van der Waals surface area (Å²) >= 11 is 0. The van der Waals surface area contributed by atoms with Gasteiger partial charge >= 0.3 is 0 Å². The molecular weight excluding hydrogens is 230 g/mol. The second kappa shape index (κ2) is 4.83. The molecule has 1 heterocycles. The molecule has 0 bridgehead atoms. The van der Waals surface area contributed by atoms with E-state index < -0.39 is 0 Å². The minimum atomic E-state index is -0.252. The van der Waals surface area contributed by atoms with Crippen LogP contribution in [0.5, 0.6) is 5.75 Å². The van der Waals surface area contributed by atoms with Gasteiger partial charge in [0.2, 0.25) is 0 Å². The molecule has 18 heavy (non-hydrogen) atoms. The number of nitrogens with zero attached hydrogens (tertiary/aromatic N) is 2. The van der Waals surface area contributed by atoms with E-state index in [0.29, 0.717) is 16.8 Å². The van der Waals surface area contributed by atoms with Crippen LogP contribution < -0.4 is 5.32 Å². The van der Waals surface area contributed by atoms with Crippen LogP contribution in [0.4, 0.5) is 5.69 Å². The largest absolute Gasteiger partial charge is 0.508 e. The number of aryl methyl sites for hydroxylation is 2. The van der Waals surface area contributed by atoms with Crippen molar-refractivity contribution in [1.82, 2.24) is 10.2 Å². The number of nitrogens with one attached hydrogen (secondary N) is 1. The van der Waals surface area contributed by atoms with E-state index in [1.54, 1.807) is 25.1 Å². The molecule has 2 N–H and O–H groups in total. The molecule has 0 aliphatic heterocycles. The zero-order valence-corrected chi connectivity index (χ0v) is 10.1. The SMILES string of the molecule is Cc1cc(NC(=O)c2ccnnc2)c(C)cc1O. The fraction of sp³-hybridized carbons (Fsp3) is 0.154. The third-order valence-electron chi connectivity index (χ3n) is 2.64. The Balaban J connectivity index is 2.25. The van der Waals surface area contributed by atoms with Crippen LogP contribution in [0.1, 0.15) is 21.5 Å². The molecule has 1 amide bonds. The van der Waals surface area contributed by atoms with Crippen molar-refractivity contribution in [1.29, 1.82) is 0 Å². The summed E-state index contributed by atoms with van der Waals surface area (Å²) in [6, 6.07) is 4.94. The van der Waals surface area contributed by atoms with Gasteiger partial charge in [-0.25, -0.2) is 0 Å². The van der Waals surface area contributed by atoms with E-state index in [1.165, 1.54) is 12.4 Å². The Morgan fingerprint density at radius 2 is 2.00 bits per heavy atom. The van der Waals surface area contributed by atoms with E-state index in [2.05, 4.69) is 15.5 Å². The first-order chi connectivity index (χ1) is 8.58. The van der Waals surface area contributed by atoms with Crippen LogP contribution in [0.3, 0.4) is 0 Å². The third-order valence-corrected chi connectivity index (χ3v) is 2.64. The summed E-state index contributed by atoms with van der Waals surface area (Å²) < 4.78 is 0. The fourth-order valence-electron chi connectivity index (χ4n) is 1.56. The lowest BCUT2D eigenvalue weighted by molar-refractivity contribution is 0.102. The average molecular weight is 243 g/mol. The van der Waals surface area contributed by atoms with Gasteiger partial charge in [0, 0.05) is 5.69 Å². The maximum atomic E-state index is 11.9. The van der Waals surface area contributed by atoms with Gasteiger partial charge in [-0.3, -0.25) is 4.79 Å². The van der Waals surface area contributed by atoms with E-state index in [4.69, 9.17) is 0 Å². The van der Waals surface area contributed by atoms with E-state index in [1.807, 2.05) is 6.92 Å². The van der Waals surface area contributed by atoms with Crippen LogP contribution in [-0.2, 0) is 0 Å². The van der Waals surface area contributed by atoms with E-state index in [0.717, 1.165) is 5.56 Å². The number of phenols is 1. The number of amides is 1. The summed E-state index contributed by atoms with van der Waals surface area (Å²) in [5.41, 5.74) is 2.62. The van der Waals surface area contributed by atoms with Gasteiger partial charge in [0.25, 0.3) is 5.91 Å². The van der Waals surface area contributed by atoms with Gasteiger partial charge in [-0.1, -0.05) is 0 Å². The Labute approximate surface area is 104 Å². The van der Waals surface area contributed by atoms with Crippen LogP contribution in [-0.4, -0.2) is 21.2 Å². The summed E-state index contributed by atoms with van der Waals surface area (Å²) in [6.07, 6.45) is 2.86. The highest BCUT2D eigenvalue weighted by Crippen LogP contribution is 2.25. The van der Waals surface area contributed by atoms with Crippen LogP contribution in [0, 0.1) is 13.8 Å². The van der Waals surface area contributed by atoms with Crippen molar-refractivity contribution in [2.24, 2.45) is 0 Å². The molecule has 0 radical (unpaired) electrons. The number of carbonyl (C=O) groups excluding carboxylic acids is 1. The number of hydrogen-bond donors (Lipinski definition) is 2. The number of carbonyl (C=O) groups is 1. The van der Waals surface area contributed by atoms with Gasteiger partial charge in [0.05, 0.1) is 18.0 Å². The maximum Gasteiger partial charge on any atom is 0.257 e. The minimum Gasteiger partial charge on any atom is -0.508 e. The van der Waals surface area contributed by atoms with Gasteiger partial charge in [-0.2, -0.15) is 10.2 Å². The van der Waals surface area contributed by atoms with Gasteiger partial charge in [0.15, 0.2) is 0 Å². The molecule has 0 aliphatic rings. The van der Waals surface area contributed by atoms with Crippen LogP contribution >= 0.6 is 0 Å². The average Bonchev–Trinajstić information content (AvgIpc) is 2.37. The molecule has 0 fully saturated rings. The Morgan fingerprint density at radius 1 is 1.22 bits per heavy atom. The lowest BCUT2D eigenvalue weighted by Gasteiger charge is -2.10. The second-order valence-electron chi connectivity index (χ2n) is 4.04. The minimum absolute atomic E-state index is 0.219. The molecule has 0 spiro atoms. The maximum absolute atomic E-state index is 11.9. The van der Waals surface area contributed by atoms with Crippen molar-refractivity contribution >= 4 is 11.6 Å². The standard InChI is InChI=1S/C13H13N3O2/c1-8-6-12(17)9(2)5-11(8)16-13(18)10-3-4-14-15-7-10/h3-7,17H,1-2H3,(H,16,18). The number of rotatable bonds is 2. The predicted octanol–water partition coefficient (Wildman–Crippen LogP) is 2.05. The number of benzene rings is 1. The molecule has 0 saturated carbocycles. The lowest BCUT2D eigenvalue weighted by atomic mass is 10.1. The summed E-state index contributed by atoms with van der Waals surface area (Å²) in [4.78, 5) is 11.9. The molecule has 0 unspecified atom stereocenters. The van der Waals surface area contributed by atoms with Crippen LogP contribution in [0.2, 0.25) is 0 Å². The van der Waals surface area contributed by atoms with Gasteiger partial charge in [-0.15, -0.1) is 0 Å². The van der Waals surface area contributed by atoms with E-state index in [9.17, 15) is 9.90 Å². The summed E-state index contributed by atoms with van der Waals surface area (Å²) in [7, 11) is 0. The zero-order valence-electron chi connectivity index (χ0n) is 10.1. The highest BCUT2D eigenvalue weighted by Gasteiger charge is 2.09. The fourth-order valence-corrected chi connectivity index (χ4v) is 1.56. The van der Waals surface area contributed by atoms with E-state index >= 15 is 0 Å². The highest BCUT2D eigenvalue weighted by atomic mass is 16.3. The van der Waals surface area contributed by atoms with Crippen LogP contribution in [0.25, 0.3) is 0 Å². The second-order valence-corrected chi connectivity index (χ2v) is 4.04. The topological polar surface area (TPSA) is 75.1 Å². The summed E-state index contributed by atoms with van der Waals surface area (Å²) in [5, 5.41) is 19.6.